The largest absolute Gasteiger partial charge is 0.391 e. The number of hydrogen-bond donors (Lipinski definition) is 1. The molecule has 1 aliphatic carbocycles. The molecule has 200 valence electrons. The molecule has 0 aliphatic heterocycles. The van der Waals surface area contributed by atoms with Crippen LogP contribution in [0.5, 0.6) is 0 Å². The number of nitrogens with zero attached hydrogens (tertiary/aromatic N) is 2. The number of carbonyl (C=O) groups excluding carboxylic acids is 1. The van der Waals surface area contributed by atoms with Crippen LogP contribution in [0.2, 0.25) is 0 Å². The Labute approximate surface area is 209 Å². The number of sulfone groups is 1. The van der Waals surface area contributed by atoms with Gasteiger partial charge in [0.1, 0.15) is 27.2 Å². The molecule has 1 heterocycles. The van der Waals surface area contributed by atoms with E-state index in [4.69, 9.17) is 0 Å². The second-order valence-electron chi connectivity index (χ2n) is 9.77. The average molecular weight is 532 g/mol. The van der Waals surface area contributed by atoms with E-state index < -0.39 is 33.7 Å². The van der Waals surface area contributed by atoms with E-state index in [1.807, 2.05) is 6.92 Å². The van der Waals surface area contributed by atoms with Crippen molar-refractivity contribution in [1.82, 2.24) is 14.9 Å². The molecule has 1 aromatic carbocycles. The van der Waals surface area contributed by atoms with Gasteiger partial charge in [-0.2, -0.15) is 13.2 Å². The highest BCUT2D eigenvalue weighted by Crippen LogP contribution is 2.30. The van der Waals surface area contributed by atoms with E-state index in [2.05, 4.69) is 10.3 Å². The molecule has 3 rings (SSSR count). The molecule has 0 saturated heterocycles. The number of alkyl halides is 3. The Morgan fingerprint density at radius 3 is 2.39 bits per heavy atom. The monoisotopic (exact) mass is 531 g/mol. The summed E-state index contributed by atoms with van der Waals surface area (Å²) in [5.74, 6) is -2.06. The maximum absolute atomic E-state index is 15.0. The fourth-order valence-corrected chi connectivity index (χ4v) is 5.87. The van der Waals surface area contributed by atoms with E-state index in [9.17, 15) is 26.4 Å². The molecule has 1 atom stereocenters. The summed E-state index contributed by atoms with van der Waals surface area (Å²) in [6.45, 7) is 4.92. The van der Waals surface area contributed by atoms with Crippen molar-refractivity contribution in [3.05, 3.63) is 46.8 Å². The van der Waals surface area contributed by atoms with Crippen molar-refractivity contribution in [2.24, 2.45) is 11.8 Å². The predicted octanol–water partition coefficient (Wildman–Crippen LogP) is 4.96. The standard InChI is InChI=1S/C25H33F4N3O3S/c1-5-22-31-23(24(33)30-14-17-6-9-19(10-7-17)36(4,34)35)16(3)32(22)21-11-8-18(13-20(21)26)12-15(2)25(27,28)29/h8,11,13,15,17,19H,5-7,9-10,12,14H2,1-4H3,(H,30,33). The first-order chi connectivity index (χ1) is 16.7. The number of nitrogens with one attached hydrogen (secondary N) is 1. The molecule has 1 N–H and O–H groups in total. The van der Waals surface area contributed by atoms with Crippen LogP contribution < -0.4 is 5.32 Å². The third-order valence-electron chi connectivity index (χ3n) is 7.01. The van der Waals surface area contributed by atoms with Crippen LogP contribution in [0.15, 0.2) is 18.2 Å². The van der Waals surface area contributed by atoms with Gasteiger partial charge in [0.05, 0.1) is 22.5 Å². The predicted molar refractivity (Wildman–Crippen MR) is 129 cm³/mol. The molecular formula is C25H33F4N3O3S. The smallest absolute Gasteiger partial charge is 0.350 e. The second-order valence-corrected chi connectivity index (χ2v) is 12.1. The van der Waals surface area contributed by atoms with Crippen LogP contribution in [-0.4, -0.2) is 48.1 Å². The van der Waals surface area contributed by atoms with Crippen LogP contribution in [0.3, 0.4) is 0 Å². The first-order valence-electron chi connectivity index (χ1n) is 12.1. The minimum atomic E-state index is -4.36. The van der Waals surface area contributed by atoms with Gasteiger partial charge in [0, 0.05) is 19.2 Å². The van der Waals surface area contributed by atoms with E-state index in [0.29, 0.717) is 50.2 Å². The van der Waals surface area contributed by atoms with Crippen LogP contribution in [0.4, 0.5) is 17.6 Å². The zero-order chi connectivity index (χ0) is 26.8. The molecule has 2 aromatic rings. The highest BCUT2D eigenvalue weighted by Gasteiger charge is 2.36. The van der Waals surface area contributed by atoms with Crippen molar-refractivity contribution in [2.75, 3.05) is 12.8 Å². The molecule has 1 unspecified atom stereocenters. The van der Waals surface area contributed by atoms with Gasteiger partial charge in [-0.05, 0) is 62.6 Å². The fraction of sp³-hybridized carbons (Fsp3) is 0.600. The van der Waals surface area contributed by atoms with E-state index in [1.165, 1.54) is 23.0 Å². The minimum Gasteiger partial charge on any atom is -0.350 e. The fourth-order valence-electron chi connectivity index (χ4n) is 4.74. The number of imidazole rings is 1. The van der Waals surface area contributed by atoms with Gasteiger partial charge in [-0.1, -0.05) is 19.9 Å². The van der Waals surface area contributed by atoms with Crippen molar-refractivity contribution in [1.29, 1.82) is 0 Å². The van der Waals surface area contributed by atoms with Crippen LogP contribution in [0, 0.1) is 24.6 Å². The third kappa shape index (κ3) is 6.46. The maximum atomic E-state index is 15.0. The summed E-state index contributed by atoms with van der Waals surface area (Å²) in [6, 6.07) is 3.98. The molecule has 1 aliphatic rings. The highest BCUT2D eigenvalue weighted by atomic mass is 32.2. The molecule has 0 radical (unpaired) electrons. The molecule has 0 bridgehead atoms. The maximum Gasteiger partial charge on any atom is 0.391 e. The number of carbonyl (C=O) groups is 1. The molecule has 6 nitrogen and oxygen atoms in total. The second kappa shape index (κ2) is 10.9. The van der Waals surface area contributed by atoms with Gasteiger partial charge >= 0.3 is 6.18 Å². The summed E-state index contributed by atoms with van der Waals surface area (Å²) >= 11 is 0. The molecular weight excluding hydrogens is 498 g/mol. The quantitative estimate of drug-likeness (QED) is 0.489. The molecule has 0 spiro atoms. The molecule has 1 fully saturated rings. The van der Waals surface area contributed by atoms with Gasteiger partial charge in [-0.15, -0.1) is 0 Å². The summed E-state index contributed by atoms with van der Waals surface area (Å²) in [5.41, 5.74) is 0.949. The van der Waals surface area contributed by atoms with Gasteiger partial charge in [0.15, 0.2) is 0 Å². The lowest BCUT2D eigenvalue weighted by atomic mass is 9.89. The number of rotatable bonds is 8. The van der Waals surface area contributed by atoms with E-state index >= 15 is 4.39 Å². The van der Waals surface area contributed by atoms with Gasteiger partial charge in [-0.25, -0.2) is 17.8 Å². The topological polar surface area (TPSA) is 81.1 Å². The summed E-state index contributed by atoms with van der Waals surface area (Å²) in [6.07, 6.45) is -0.468. The van der Waals surface area contributed by atoms with Crippen molar-refractivity contribution >= 4 is 15.7 Å². The summed E-state index contributed by atoms with van der Waals surface area (Å²) in [5, 5.41) is 2.55. The van der Waals surface area contributed by atoms with Crippen LogP contribution in [-0.2, 0) is 22.7 Å². The lowest BCUT2D eigenvalue weighted by Gasteiger charge is -2.27. The SMILES string of the molecule is CCc1nc(C(=O)NCC2CCC(S(C)(=O)=O)CC2)c(C)n1-c1ccc(CC(C)C(F)(F)F)cc1F. The van der Waals surface area contributed by atoms with Crippen molar-refractivity contribution < 1.29 is 30.8 Å². The van der Waals surface area contributed by atoms with Gasteiger partial charge in [0.25, 0.3) is 5.91 Å². The van der Waals surface area contributed by atoms with E-state index in [0.717, 1.165) is 13.0 Å². The van der Waals surface area contributed by atoms with E-state index in [-0.39, 0.29) is 34.5 Å². The summed E-state index contributed by atoms with van der Waals surface area (Å²) < 4.78 is 78.7. The Hall–Kier alpha value is -2.43. The number of aryl methyl sites for hydroxylation is 1. The molecule has 1 aromatic heterocycles. The number of halogens is 4. The Bertz CT molecular complexity index is 1200. The number of benzene rings is 1. The first-order valence-corrected chi connectivity index (χ1v) is 14.1. The molecule has 36 heavy (non-hydrogen) atoms. The molecule has 1 amide bonds. The first kappa shape index (κ1) is 28.1. The van der Waals surface area contributed by atoms with Gasteiger partial charge in [0.2, 0.25) is 0 Å². The zero-order valence-electron chi connectivity index (χ0n) is 21.0. The minimum absolute atomic E-state index is 0.124. The number of hydrogen-bond acceptors (Lipinski definition) is 4. The Morgan fingerprint density at radius 2 is 1.86 bits per heavy atom. The van der Waals surface area contributed by atoms with Crippen molar-refractivity contribution in [3.63, 3.8) is 0 Å². The van der Waals surface area contributed by atoms with Gasteiger partial charge < -0.3 is 5.32 Å². The molecule has 1 saturated carbocycles. The lowest BCUT2D eigenvalue weighted by molar-refractivity contribution is -0.169. The zero-order valence-corrected chi connectivity index (χ0v) is 21.8. The Balaban J connectivity index is 1.74. The average Bonchev–Trinajstić information content (AvgIpc) is 3.13. The summed E-state index contributed by atoms with van der Waals surface area (Å²) in [7, 11) is -3.06. The Kier molecular flexibility index (Phi) is 8.52. The normalized spacial score (nSPS) is 19.8. The van der Waals surface area contributed by atoms with E-state index in [1.54, 1.807) is 6.92 Å². The van der Waals surface area contributed by atoms with Crippen molar-refractivity contribution in [3.8, 4) is 5.69 Å². The van der Waals surface area contributed by atoms with Gasteiger partial charge in [-0.3, -0.25) is 9.36 Å². The lowest BCUT2D eigenvalue weighted by Crippen LogP contribution is -2.34. The van der Waals surface area contributed by atoms with Crippen molar-refractivity contribution in [2.45, 2.75) is 70.7 Å². The third-order valence-corrected chi connectivity index (χ3v) is 8.70. The highest BCUT2D eigenvalue weighted by molar-refractivity contribution is 7.91. The van der Waals surface area contributed by atoms with Crippen LogP contribution >= 0.6 is 0 Å². The van der Waals surface area contributed by atoms with Crippen LogP contribution in [0.25, 0.3) is 5.69 Å². The molecule has 11 heteroatoms. The summed E-state index contributed by atoms with van der Waals surface area (Å²) in [4.78, 5) is 17.3. The number of amides is 1. The Morgan fingerprint density at radius 1 is 1.22 bits per heavy atom. The van der Waals surface area contributed by atoms with Crippen LogP contribution in [0.1, 0.15) is 67.1 Å². The number of aromatic nitrogens is 2.